The first-order chi connectivity index (χ1) is 6.68. The molecule has 1 unspecified atom stereocenters. The van der Waals surface area contributed by atoms with Gasteiger partial charge in [-0.25, -0.2) is 0 Å². The average Bonchev–Trinajstić information content (AvgIpc) is 1.99. The SMILES string of the molecule is CC(C(=O)O)N1C(C)(C)CNCC1(C)C. The smallest absolute Gasteiger partial charge is 0.320 e. The molecule has 15 heavy (non-hydrogen) atoms. The van der Waals surface area contributed by atoms with Gasteiger partial charge in [0, 0.05) is 24.2 Å². The molecule has 0 radical (unpaired) electrons. The number of hydrogen-bond donors (Lipinski definition) is 2. The highest BCUT2D eigenvalue weighted by Gasteiger charge is 2.45. The number of nitrogens with one attached hydrogen (secondary N) is 1. The predicted molar refractivity (Wildman–Crippen MR) is 60.0 cm³/mol. The highest BCUT2D eigenvalue weighted by molar-refractivity contribution is 5.73. The minimum atomic E-state index is -0.752. The van der Waals surface area contributed by atoms with Gasteiger partial charge in [0.05, 0.1) is 0 Å². The van der Waals surface area contributed by atoms with Crippen molar-refractivity contribution >= 4 is 5.97 Å². The number of rotatable bonds is 2. The first-order valence-electron chi connectivity index (χ1n) is 5.41. The summed E-state index contributed by atoms with van der Waals surface area (Å²) in [7, 11) is 0. The van der Waals surface area contributed by atoms with Crippen molar-refractivity contribution in [1.29, 1.82) is 0 Å². The third-order valence-electron chi connectivity index (χ3n) is 3.16. The number of nitrogens with zero attached hydrogens (tertiary/aromatic N) is 1. The van der Waals surface area contributed by atoms with E-state index in [1.807, 2.05) is 0 Å². The molecule has 1 aliphatic rings. The van der Waals surface area contributed by atoms with Gasteiger partial charge in [0.25, 0.3) is 0 Å². The summed E-state index contributed by atoms with van der Waals surface area (Å²) in [6.07, 6.45) is 0. The van der Waals surface area contributed by atoms with Crippen molar-refractivity contribution in [1.82, 2.24) is 10.2 Å². The molecule has 4 heteroatoms. The van der Waals surface area contributed by atoms with E-state index < -0.39 is 12.0 Å². The van der Waals surface area contributed by atoms with Crippen LogP contribution < -0.4 is 5.32 Å². The summed E-state index contributed by atoms with van der Waals surface area (Å²) in [6.45, 7) is 11.8. The van der Waals surface area contributed by atoms with Gasteiger partial charge in [0.1, 0.15) is 6.04 Å². The van der Waals surface area contributed by atoms with E-state index in [2.05, 4.69) is 37.9 Å². The van der Waals surface area contributed by atoms with E-state index in [1.165, 1.54) is 0 Å². The molecule has 0 aliphatic carbocycles. The Morgan fingerprint density at radius 1 is 1.27 bits per heavy atom. The molecule has 1 saturated heterocycles. The molecular formula is C11H22N2O2. The molecule has 4 nitrogen and oxygen atoms in total. The molecule has 0 aromatic carbocycles. The Morgan fingerprint density at radius 3 is 2.00 bits per heavy atom. The monoisotopic (exact) mass is 214 g/mol. The molecule has 1 rings (SSSR count). The van der Waals surface area contributed by atoms with Crippen LogP contribution in [0, 0.1) is 0 Å². The summed E-state index contributed by atoms with van der Waals surface area (Å²) in [6, 6.07) is -0.447. The molecule has 1 atom stereocenters. The van der Waals surface area contributed by atoms with Crippen LogP contribution in [0.4, 0.5) is 0 Å². The highest BCUT2D eigenvalue weighted by Crippen LogP contribution is 2.30. The van der Waals surface area contributed by atoms with Gasteiger partial charge in [-0.2, -0.15) is 0 Å². The third kappa shape index (κ3) is 2.32. The van der Waals surface area contributed by atoms with Crippen molar-refractivity contribution < 1.29 is 9.90 Å². The van der Waals surface area contributed by atoms with E-state index in [0.29, 0.717) is 0 Å². The van der Waals surface area contributed by atoms with Crippen LogP contribution in [0.3, 0.4) is 0 Å². The second-order valence-corrected chi connectivity index (χ2v) is 5.61. The Kier molecular flexibility index (Phi) is 3.12. The van der Waals surface area contributed by atoms with Gasteiger partial charge in [-0.15, -0.1) is 0 Å². The average molecular weight is 214 g/mol. The van der Waals surface area contributed by atoms with Crippen LogP contribution in [0.25, 0.3) is 0 Å². The quantitative estimate of drug-likeness (QED) is 0.718. The van der Waals surface area contributed by atoms with Crippen molar-refractivity contribution in [3.8, 4) is 0 Å². The second kappa shape index (κ2) is 3.76. The molecule has 2 N–H and O–H groups in total. The van der Waals surface area contributed by atoms with Crippen molar-refractivity contribution in [3.05, 3.63) is 0 Å². The van der Waals surface area contributed by atoms with Gasteiger partial charge in [0.15, 0.2) is 0 Å². The van der Waals surface area contributed by atoms with Crippen molar-refractivity contribution in [2.45, 2.75) is 51.7 Å². The predicted octanol–water partition coefficient (Wildman–Crippen LogP) is 0.922. The lowest BCUT2D eigenvalue weighted by atomic mass is 9.87. The Balaban J connectivity index is 3.01. The van der Waals surface area contributed by atoms with Crippen molar-refractivity contribution in [2.75, 3.05) is 13.1 Å². The number of carbonyl (C=O) groups is 1. The van der Waals surface area contributed by atoms with Crippen molar-refractivity contribution in [3.63, 3.8) is 0 Å². The lowest BCUT2D eigenvalue weighted by Gasteiger charge is -2.54. The first kappa shape index (κ1) is 12.5. The normalized spacial score (nSPS) is 27.3. The summed E-state index contributed by atoms with van der Waals surface area (Å²) in [5.74, 6) is -0.752. The highest BCUT2D eigenvalue weighted by atomic mass is 16.4. The fourth-order valence-electron chi connectivity index (χ4n) is 2.82. The molecule has 0 saturated carbocycles. The summed E-state index contributed by atoms with van der Waals surface area (Å²) < 4.78 is 0. The second-order valence-electron chi connectivity index (χ2n) is 5.61. The molecular weight excluding hydrogens is 192 g/mol. The zero-order valence-electron chi connectivity index (χ0n) is 10.3. The van der Waals surface area contributed by atoms with E-state index in [1.54, 1.807) is 6.92 Å². The largest absolute Gasteiger partial charge is 0.480 e. The molecule has 1 heterocycles. The van der Waals surface area contributed by atoms with Crippen LogP contribution in [-0.4, -0.2) is 46.2 Å². The lowest BCUT2D eigenvalue weighted by Crippen LogP contribution is -2.71. The summed E-state index contributed by atoms with van der Waals surface area (Å²) >= 11 is 0. The van der Waals surface area contributed by atoms with Crippen LogP contribution >= 0.6 is 0 Å². The van der Waals surface area contributed by atoms with Gasteiger partial charge in [0.2, 0.25) is 0 Å². The fraction of sp³-hybridized carbons (Fsp3) is 0.909. The van der Waals surface area contributed by atoms with E-state index >= 15 is 0 Å². The molecule has 0 spiro atoms. The molecule has 0 aromatic heterocycles. The number of hydrogen-bond acceptors (Lipinski definition) is 3. The maximum absolute atomic E-state index is 11.1. The third-order valence-corrected chi connectivity index (χ3v) is 3.16. The number of aliphatic carboxylic acids is 1. The van der Waals surface area contributed by atoms with Gasteiger partial charge in [-0.3, -0.25) is 9.69 Å². The van der Waals surface area contributed by atoms with E-state index in [0.717, 1.165) is 13.1 Å². The Labute approximate surface area is 91.6 Å². The van der Waals surface area contributed by atoms with Crippen LogP contribution in [-0.2, 0) is 4.79 Å². The number of piperazine rings is 1. The minimum absolute atomic E-state index is 0.125. The zero-order valence-corrected chi connectivity index (χ0v) is 10.3. The van der Waals surface area contributed by atoms with E-state index in [-0.39, 0.29) is 11.1 Å². The van der Waals surface area contributed by atoms with Crippen LogP contribution in [0.15, 0.2) is 0 Å². The lowest BCUT2D eigenvalue weighted by molar-refractivity contribution is -0.151. The van der Waals surface area contributed by atoms with Crippen LogP contribution in [0.5, 0.6) is 0 Å². The standard InChI is InChI=1S/C11H22N2O2/c1-8(9(14)15)13-10(2,3)6-12-7-11(13,4)5/h8,12H,6-7H2,1-5H3,(H,14,15). The molecule has 0 aromatic rings. The van der Waals surface area contributed by atoms with Crippen molar-refractivity contribution in [2.24, 2.45) is 0 Å². The van der Waals surface area contributed by atoms with Gasteiger partial charge in [-0.1, -0.05) is 0 Å². The maximum atomic E-state index is 11.1. The minimum Gasteiger partial charge on any atom is -0.480 e. The summed E-state index contributed by atoms with van der Waals surface area (Å²) in [5.41, 5.74) is -0.251. The van der Waals surface area contributed by atoms with Crippen LogP contribution in [0.1, 0.15) is 34.6 Å². The topological polar surface area (TPSA) is 52.6 Å². The summed E-state index contributed by atoms with van der Waals surface area (Å²) in [4.78, 5) is 13.2. The molecule has 0 amide bonds. The molecule has 0 bridgehead atoms. The number of carboxylic acids is 1. The zero-order chi connectivity index (χ0) is 11.9. The van der Waals surface area contributed by atoms with Gasteiger partial charge >= 0.3 is 5.97 Å². The first-order valence-corrected chi connectivity index (χ1v) is 5.41. The fourth-order valence-corrected chi connectivity index (χ4v) is 2.82. The Morgan fingerprint density at radius 2 is 1.67 bits per heavy atom. The molecule has 1 fully saturated rings. The van der Waals surface area contributed by atoms with Gasteiger partial charge < -0.3 is 10.4 Å². The maximum Gasteiger partial charge on any atom is 0.320 e. The van der Waals surface area contributed by atoms with E-state index in [9.17, 15) is 4.79 Å². The molecule has 88 valence electrons. The summed E-state index contributed by atoms with van der Waals surface area (Å²) in [5, 5.41) is 12.5. The number of carboxylic acid groups (broad SMARTS) is 1. The Bertz CT molecular complexity index is 245. The van der Waals surface area contributed by atoms with E-state index in [4.69, 9.17) is 5.11 Å². The molecule has 1 aliphatic heterocycles. The Hall–Kier alpha value is -0.610. The van der Waals surface area contributed by atoms with Crippen LogP contribution in [0.2, 0.25) is 0 Å². The van der Waals surface area contributed by atoms with Gasteiger partial charge in [-0.05, 0) is 34.6 Å².